The summed E-state index contributed by atoms with van der Waals surface area (Å²) in [5, 5.41) is -0.640. The van der Waals surface area contributed by atoms with E-state index in [1.165, 1.54) is 51.4 Å². The van der Waals surface area contributed by atoms with Gasteiger partial charge in [-0.15, -0.1) is 0 Å². The largest absolute Gasteiger partial charge is 0.518 e. The highest BCUT2D eigenvalue weighted by Crippen LogP contribution is 2.53. The molecule has 2 rings (SSSR count). The minimum absolute atomic E-state index is 0.0418. The molecule has 1 unspecified atom stereocenters. The number of carbonyl (C=O) groups is 1. The minimum atomic E-state index is -2.11. The van der Waals surface area contributed by atoms with Crippen LogP contribution in [0.5, 0.6) is 0 Å². The summed E-state index contributed by atoms with van der Waals surface area (Å²) in [4.78, 5) is 13.4. The summed E-state index contributed by atoms with van der Waals surface area (Å²) < 4.78 is 17.8. The lowest BCUT2D eigenvalue weighted by Gasteiger charge is -2.43. The van der Waals surface area contributed by atoms with Crippen molar-refractivity contribution in [1.29, 1.82) is 0 Å². The van der Waals surface area contributed by atoms with Gasteiger partial charge in [0.05, 0.1) is 0 Å². The Labute approximate surface area is 157 Å². The summed E-state index contributed by atoms with van der Waals surface area (Å²) in [5.74, 6) is -0.0418. The van der Waals surface area contributed by atoms with Gasteiger partial charge in [-0.3, -0.25) is 4.79 Å². The van der Waals surface area contributed by atoms with Gasteiger partial charge in [0, 0.05) is 14.2 Å². The van der Waals surface area contributed by atoms with Gasteiger partial charge >= 0.3 is 9.28 Å². The molecule has 1 radical (unpaired) electrons. The Hall–Kier alpha value is -0.176. The highest BCUT2D eigenvalue weighted by Gasteiger charge is 2.56. The standard InChI is InChI=1S/C19H37O4Si2/c1-6-19(3,24(21-4)22-5)18(20)23-25(7-2,16-12-8-9-13-16)17-14-10-11-15-17/h16-17H,6-15H2,1-5H3. The fourth-order valence-electron chi connectivity index (χ4n) is 5.17. The zero-order valence-corrected chi connectivity index (χ0v) is 18.9. The molecule has 0 aromatic carbocycles. The molecule has 4 nitrogen and oxygen atoms in total. The number of carbonyl (C=O) groups excluding carboxylic acids is 1. The third-order valence-corrected chi connectivity index (χ3v) is 14.7. The third kappa shape index (κ3) is 4.07. The second kappa shape index (κ2) is 9.15. The normalized spacial score (nSPS) is 22.5. The van der Waals surface area contributed by atoms with E-state index in [1.54, 1.807) is 14.2 Å². The highest BCUT2D eigenvalue weighted by atomic mass is 28.4. The maximum Gasteiger partial charge on any atom is 0.402 e. The van der Waals surface area contributed by atoms with E-state index in [0.717, 1.165) is 6.04 Å². The molecule has 2 saturated carbocycles. The van der Waals surface area contributed by atoms with Crippen LogP contribution in [0, 0.1) is 0 Å². The van der Waals surface area contributed by atoms with Gasteiger partial charge in [0.25, 0.3) is 14.3 Å². The molecule has 0 N–H and O–H groups in total. The van der Waals surface area contributed by atoms with Gasteiger partial charge in [-0.2, -0.15) is 0 Å². The lowest BCUT2D eigenvalue weighted by Crippen LogP contribution is -2.52. The summed E-state index contributed by atoms with van der Waals surface area (Å²) >= 11 is 0. The summed E-state index contributed by atoms with van der Waals surface area (Å²) in [5.41, 5.74) is 1.32. The van der Waals surface area contributed by atoms with E-state index in [1.807, 2.05) is 13.8 Å². The quantitative estimate of drug-likeness (QED) is 0.503. The van der Waals surface area contributed by atoms with Gasteiger partial charge in [-0.1, -0.05) is 39.5 Å². The molecule has 0 amide bonds. The molecule has 0 bridgehead atoms. The van der Waals surface area contributed by atoms with E-state index in [4.69, 9.17) is 13.3 Å². The van der Waals surface area contributed by atoms with Crippen LogP contribution in [-0.4, -0.2) is 37.8 Å². The molecule has 25 heavy (non-hydrogen) atoms. The summed E-state index contributed by atoms with van der Waals surface area (Å²) in [6.45, 7) is 6.30. The second-order valence-electron chi connectivity index (χ2n) is 8.04. The molecular formula is C19H37O4Si2. The molecule has 0 spiro atoms. The first-order valence-electron chi connectivity index (χ1n) is 10.2. The van der Waals surface area contributed by atoms with Gasteiger partial charge in [0.2, 0.25) is 0 Å². The fraction of sp³-hybridized carbons (Fsp3) is 0.947. The first-order valence-corrected chi connectivity index (χ1v) is 13.8. The van der Waals surface area contributed by atoms with Crippen LogP contribution in [-0.2, 0) is 18.1 Å². The van der Waals surface area contributed by atoms with Crippen LogP contribution in [0.4, 0.5) is 0 Å². The third-order valence-electron chi connectivity index (χ3n) is 6.91. The van der Waals surface area contributed by atoms with E-state index in [2.05, 4.69) is 6.92 Å². The van der Waals surface area contributed by atoms with E-state index < -0.39 is 22.6 Å². The van der Waals surface area contributed by atoms with Crippen molar-refractivity contribution in [2.45, 2.75) is 101 Å². The van der Waals surface area contributed by atoms with Crippen molar-refractivity contribution < 1.29 is 18.1 Å². The lowest BCUT2D eigenvalue weighted by atomic mass is 10.1. The van der Waals surface area contributed by atoms with Crippen LogP contribution in [0.2, 0.25) is 22.2 Å². The van der Waals surface area contributed by atoms with Crippen molar-refractivity contribution in [3.63, 3.8) is 0 Å². The van der Waals surface area contributed by atoms with E-state index in [9.17, 15) is 4.79 Å². The monoisotopic (exact) mass is 385 g/mol. The van der Waals surface area contributed by atoms with Crippen molar-refractivity contribution in [3.05, 3.63) is 0 Å². The van der Waals surface area contributed by atoms with Crippen LogP contribution in [0.15, 0.2) is 0 Å². The number of rotatable bonds is 9. The average Bonchev–Trinajstić information content (AvgIpc) is 3.34. The highest BCUT2D eigenvalue weighted by molar-refractivity contribution is 6.78. The smallest absolute Gasteiger partial charge is 0.402 e. The molecule has 0 aliphatic heterocycles. The maximum atomic E-state index is 13.4. The molecule has 2 aliphatic carbocycles. The Morgan fingerprint density at radius 1 is 1.00 bits per heavy atom. The second-order valence-corrected chi connectivity index (χ2v) is 15.0. The van der Waals surface area contributed by atoms with E-state index >= 15 is 0 Å². The summed E-state index contributed by atoms with van der Waals surface area (Å²) in [6, 6.07) is 1.07. The Kier molecular flexibility index (Phi) is 7.73. The SMILES string of the molecule is CCC(C)(C(=O)O[Si](CC)(C1CCCC1)C1CCCC1)[Si](OC)OC. The first kappa shape index (κ1) is 21.1. The fourth-order valence-corrected chi connectivity index (χ4v) is 12.5. The molecule has 0 saturated heterocycles. The van der Waals surface area contributed by atoms with Crippen LogP contribution in [0.25, 0.3) is 0 Å². The Morgan fingerprint density at radius 3 is 1.76 bits per heavy atom. The van der Waals surface area contributed by atoms with Crippen molar-refractivity contribution in [1.82, 2.24) is 0 Å². The topological polar surface area (TPSA) is 44.8 Å². The molecule has 0 heterocycles. The molecule has 0 aromatic rings. The Balaban J connectivity index is 2.29. The van der Waals surface area contributed by atoms with Gasteiger partial charge in [0.1, 0.15) is 5.04 Å². The Bertz CT molecular complexity index is 413. The van der Waals surface area contributed by atoms with Crippen molar-refractivity contribution in [2.24, 2.45) is 0 Å². The number of hydrogen-bond acceptors (Lipinski definition) is 4. The molecule has 0 aromatic heterocycles. The molecule has 6 heteroatoms. The summed E-state index contributed by atoms with van der Waals surface area (Å²) in [6.07, 6.45) is 11.0. The lowest BCUT2D eigenvalue weighted by molar-refractivity contribution is -0.139. The molecule has 1 atom stereocenters. The molecular weight excluding hydrogens is 348 g/mol. The van der Waals surface area contributed by atoms with Crippen LogP contribution < -0.4 is 0 Å². The Morgan fingerprint density at radius 2 is 1.44 bits per heavy atom. The van der Waals surface area contributed by atoms with Crippen molar-refractivity contribution in [3.8, 4) is 0 Å². The predicted molar refractivity (Wildman–Crippen MR) is 105 cm³/mol. The van der Waals surface area contributed by atoms with E-state index in [-0.39, 0.29) is 5.97 Å². The zero-order chi connectivity index (χ0) is 18.5. The van der Waals surface area contributed by atoms with Crippen LogP contribution in [0.3, 0.4) is 0 Å². The van der Waals surface area contributed by atoms with Crippen LogP contribution in [0.1, 0.15) is 78.6 Å². The molecule has 2 aliphatic rings. The predicted octanol–water partition coefficient (Wildman–Crippen LogP) is 5.33. The van der Waals surface area contributed by atoms with Crippen molar-refractivity contribution in [2.75, 3.05) is 14.2 Å². The van der Waals surface area contributed by atoms with Crippen LogP contribution >= 0.6 is 0 Å². The maximum absolute atomic E-state index is 13.4. The zero-order valence-electron chi connectivity index (χ0n) is 16.9. The molecule has 145 valence electrons. The first-order chi connectivity index (χ1) is 12.0. The van der Waals surface area contributed by atoms with Gasteiger partial charge in [0.15, 0.2) is 0 Å². The average molecular weight is 386 g/mol. The van der Waals surface area contributed by atoms with Gasteiger partial charge in [-0.05, 0) is 56.2 Å². The number of hydrogen-bond donors (Lipinski definition) is 0. The minimum Gasteiger partial charge on any atom is -0.518 e. The van der Waals surface area contributed by atoms with E-state index in [0.29, 0.717) is 17.5 Å². The summed E-state index contributed by atoms with van der Waals surface area (Å²) in [7, 11) is -0.496. The van der Waals surface area contributed by atoms with Gasteiger partial charge in [-0.25, -0.2) is 0 Å². The molecule has 2 fully saturated rings. The van der Waals surface area contributed by atoms with Crippen molar-refractivity contribution >= 4 is 23.6 Å². The van der Waals surface area contributed by atoms with Gasteiger partial charge < -0.3 is 13.3 Å².